The van der Waals surface area contributed by atoms with Crippen molar-refractivity contribution >= 4 is 11.6 Å². The molecule has 0 radical (unpaired) electrons. The topological polar surface area (TPSA) is 20.3 Å². The third-order valence-corrected chi connectivity index (χ3v) is 3.63. The Balaban J connectivity index is 3.13. The van der Waals surface area contributed by atoms with Crippen LogP contribution in [0.3, 0.4) is 0 Å². The number of halogens is 2. The minimum absolute atomic E-state index is 0.108. The zero-order valence-electron chi connectivity index (χ0n) is 13.4. The molecule has 1 aromatic carbocycles. The van der Waals surface area contributed by atoms with Crippen LogP contribution in [0.15, 0.2) is 18.2 Å². The van der Waals surface area contributed by atoms with Gasteiger partial charge in [0.05, 0.1) is 5.69 Å². The van der Waals surface area contributed by atoms with Crippen molar-refractivity contribution < 1.29 is 13.6 Å². The summed E-state index contributed by atoms with van der Waals surface area (Å²) in [4.78, 5) is 14.2. The Morgan fingerprint density at radius 1 is 1.19 bits per heavy atom. The molecule has 0 saturated carbocycles. The van der Waals surface area contributed by atoms with Crippen LogP contribution in [-0.4, -0.2) is 12.5 Å². The number of rotatable bonds is 7. The number of amides is 1. The number of hydrogen-bond donors (Lipinski definition) is 0. The maximum atomic E-state index is 14.0. The van der Waals surface area contributed by atoms with Crippen LogP contribution in [0.5, 0.6) is 0 Å². The van der Waals surface area contributed by atoms with Crippen LogP contribution in [0.1, 0.15) is 53.4 Å². The predicted molar refractivity (Wildman–Crippen MR) is 82.3 cm³/mol. The molecule has 0 heterocycles. The molecule has 0 unspecified atom stereocenters. The van der Waals surface area contributed by atoms with Crippen LogP contribution in [0.2, 0.25) is 0 Å². The van der Waals surface area contributed by atoms with E-state index in [1.807, 2.05) is 27.7 Å². The number of nitrogens with zero attached hydrogens (tertiary/aromatic N) is 1. The number of hydrogen-bond acceptors (Lipinski definition) is 1. The van der Waals surface area contributed by atoms with Crippen molar-refractivity contribution in [2.24, 2.45) is 5.41 Å². The van der Waals surface area contributed by atoms with Crippen LogP contribution in [0, 0.1) is 17.0 Å². The van der Waals surface area contributed by atoms with E-state index in [0.29, 0.717) is 6.54 Å². The molecule has 0 atom stereocenters. The van der Waals surface area contributed by atoms with Gasteiger partial charge in [0.2, 0.25) is 5.91 Å². The van der Waals surface area contributed by atoms with Gasteiger partial charge in [-0.3, -0.25) is 4.79 Å². The molecule has 1 aromatic rings. The van der Waals surface area contributed by atoms with E-state index in [1.165, 1.54) is 17.0 Å². The van der Waals surface area contributed by atoms with Gasteiger partial charge in [-0.1, -0.05) is 40.5 Å². The summed E-state index contributed by atoms with van der Waals surface area (Å²) in [5.74, 6) is -1.43. The van der Waals surface area contributed by atoms with Gasteiger partial charge < -0.3 is 4.90 Å². The van der Waals surface area contributed by atoms with E-state index in [4.69, 9.17) is 0 Å². The zero-order chi connectivity index (χ0) is 16.0. The van der Waals surface area contributed by atoms with Gasteiger partial charge in [-0.2, -0.15) is 0 Å². The van der Waals surface area contributed by atoms with E-state index in [1.54, 1.807) is 0 Å². The Morgan fingerprint density at radius 3 is 2.38 bits per heavy atom. The van der Waals surface area contributed by atoms with Crippen molar-refractivity contribution in [2.75, 3.05) is 11.4 Å². The highest BCUT2D eigenvalue weighted by Gasteiger charge is 2.32. The molecule has 0 N–H and O–H groups in total. The molecule has 4 heteroatoms. The molecule has 0 spiro atoms. The smallest absolute Gasteiger partial charge is 0.232 e. The van der Waals surface area contributed by atoms with E-state index in [-0.39, 0.29) is 11.6 Å². The number of carbonyl (C=O) groups excluding carboxylic acids is 1. The molecule has 21 heavy (non-hydrogen) atoms. The lowest BCUT2D eigenvalue weighted by Gasteiger charge is -2.32. The number of carbonyl (C=O) groups is 1. The lowest BCUT2D eigenvalue weighted by molar-refractivity contribution is -0.127. The molecule has 0 aromatic heterocycles. The van der Waals surface area contributed by atoms with Gasteiger partial charge in [0.1, 0.15) is 11.6 Å². The van der Waals surface area contributed by atoms with Crippen molar-refractivity contribution in [2.45, 2.75) is 53.4 Å². The minimum atomic E-state index is -0.688. The molecule has 0 aliphatic carbocycles. The Morgan fingerprint density at radius 2 is 1.86 bits per heavy atom. The second-order valence-corrected chi connectivity index (χ2v) is 6.04. The maximum Gasteiger partial charge on any atom is 0.232 e. The van der Waals surface area contributed by atoms with Gasteiger partial charge in [-0.25, -0.2) is 8.78 Å². The van der Waals surface area contributed by atoms with Crippen molar-refractivity contribution in [1.82, 2.24) is 0 Å². The average molecular weight is 297 g/mol. The summed E-state index contributed by atoms with van der Waals surface area (Å²) in [7, 11) is 0. The number of unbranched alkanes of at least 4 members (excludes halogenated alkanes) is 1. The second-order valence-electron chi connectivity index (χ2n) is 6.04. The van der Waals surface area contributed by atoms with Crippen LogP contribution < -0.4 is 4.90 Å². The van der Waals surface area contributed by atoms with Gasteiger partial charge >= 0.3 is 0 Å². The highest BCUT2D eigenvalue weighted by atomic mass is 19.1. The average Bonchev–Trinajstić information content (AvgIpc) is 2.40. The summed E-state index contributed by atoms with van der Waals surface area (Å²) in [6, 6.07) is 3.37. The summed E-state index contributed by atoms with van der Waals surface area (Å²) in [5.41, 5.74) is -0.386. The molecule has 2 nitrogen and oxygen atoms in total. The van der Waals surface area contributed by atoms with Gasteiger partial charge in [-0.15, -0.1) is 0 Å². The Hall–Kier alpha value is -1.45. The summed E-state index contributed by atoms with van der Waals surface area (Å²) in [6.45, 7) is 8.23. The summed E-state index contributed by atoms with van der Waals surface area (Å²) in [6.07, 6.45) is 3.30. The van der Waals surface area contributed by atoms with Crippen molar-refractivity contribution in [3.63, 3.8) is 0 Å². The fourth-order valence-corrected chi connectivity index (χ4v) is 2.45. The van der Waals surface area contributed by atoms with Gasteiger partial charge in [0.25, 0.3) is 0 Å². The van der Waals surface area contributed by atoms with Crippen LogP contribution in [0.25, 0.3) is 0 Å². The van der Waals surface area contributed by atoms with Gasteiger partial charge in [0, 0.05) is 18.0 Å². The van der Waals surface area contributed by atoms with E-state index >= 15 is 0 Å². The largest absolute Gasteiger partial charge is 0.309 e. The third kappa shape index (κ3) is 4.51. The highest BCUT2D eigenvalue weighted by Crippen LogP contribution is 2.30. The Kier molecular flexibility index (Phi) is 6.31. The Labute approximate surface area is 126 Å². The standard InChI is InChI=1S/C17H25F2NO/c1-5-7-11-20(16(21)17(3,4)10-6-2)15-9-8-13(18)12-14(15)19/h8-9,12H,5-7,10-11H2,1-4H3. The summed E-state index contributed by atoms with van der Waals surface area (Å²) >= 11 is 0. The zero-order valence-corrected chi connectivity index (χ0v) is 13.4. The first kappa shape index (κ1) is 17.6. The van der Waals surface area contributed by atoms with E-state index in [9.17, 15) is 13.6 Å². The molecule has 0 bridgehead atoms. The SMILES string of the molecule is CCCCN(C(=O)C(C)(C)CCC)c1ccc(F)cc1F. The second kappa shape index (κ2) is 7.53. The lowest BCUT2D eigenvalue weighted by Crippen LogP contribution is -2.42. The summed E-state index contributed by atoms with van der Waals surface area (Å²) < 4.78 is 27.1. The molecule has 0 aliphatic heterocycles. The first-order valence-corrected chi connectivity index (χ1v) is 7.60. The predicted octanol–water partition coefficient (Wildman–Crippen LogP) is 4.92. The third-order valence-electron chi connectivity index (χ3n) is 3.63. The molecular formula is C17H25F2NO. The van der Waals surface area contributed by atoms with E-state index in [2.05, 4.69) is 0 Å². The fraction of sp³-hybridized carbons (Fsp3) is 0.588. The molecule has 0 fully saturated rings. The van der Waals surface area contributed by atoms with Gasteiger partial charge in [-0.05, 0) is 25.0 Å². The fourth-order valence-electron chi connectivity index (χ4n) is 2.45. The van der Waals surface area contributed by atoms with Crippen LogP contribution in [0.4, 0.5) is 14.5 Å². The monoisotopic (exact) mass is 297 g/mol. The molecule has 1 amide bonds. The first-order chi connectivity index (χ1) is 9.83. The first-order valence-electron chi connectivity index (χ1n) is 7.60. The maximum absolute atomic E-state index is 14.0. The number of anilines is 1. The normalized spacial score (nSPS) is 11.5. The van der Waals surface area contributed by atoms with Crippen molar-refractivity contribution in [1.29, 1.82) is 0 Å². The molecule has 118 valence electrons. The highest BCUT2D eigenvalue weighted by molar-refractivity contribution is 5.97. The number of benzene rings is 1. The molecule has 0 saturated heterocycles. The van der Waals surface area contributed by atoms with Gasteiger partial charge in [0.15, 0.2) is 0 Å². The molecular weight excluding hydrogens is 272 g/mol. The van der Waals surface area contributed by atoms with Crippen LogP contribution >= 0.6 is 0 Å². The minimum Gasteiger partial charge on any atom is -0.309 e. The van der Waals surface area contributed by atoms with E-state index < -0.39 is 17.0 Å². The van der Waals surface area contributed by atoms with Crippen molar-refractivity contribution in [3.8, 4) is 0 Å². The lowest BCUT2D eigenvalue weighted by atomic mass is 9.86. The van der Waals surface area contributed by atoms with Crippen LogP contribution in [-0.2, 0) is 4.79 Å². The van der Waals surface area contributed by atoms with E-state index in [0.717, 1.165) is 31.7 Å². The van der Waals surface area contributed by atoms with Crippen molar-refractivity contribution in [3.05, 3.63) is 29.8 Å². The summed E-state index contributed by atoms with van der Waals surface area (Å²) in [5, 5.41) is 0. The Bertz CT molecular complexity index is 486. The molecule has 0 aliphatic rings. The quantitative estimate of drug-likeness (QED) is 0.699. The molecule has 1 rings (SSSR count).